The third kappa shape index (κ3) is 3.68. The molecule has 0 heterocycles. The molecule has 0 aliphatic rings. The largest absolute Gasteiger partial charge is 0.465 e. The molecule has 0 spiro atoms. The number of rotatable bonds is 4. The molecule has 6 nitrogen and oxygen atoms in total. The van der Waals surface area contributed by atoms with Crippen LogP contribution in [0, 0.1) is 21.4 Å². The number of hydrogen-bond donors (Lipinski definition) is 0. The van der Waals surface area contributed by atoms with Crippen molar-refractivity contribution in [3.05, 3.63) is 39.4 Å². The lowest BCUT2D eigenvalue weighted by Gasteiger charge is -2.11. The summed E-state index contributed by atoms with van der Waals surface area (Å²) in [6, 6.07) is 3.10. The molecule has 0 bridgehead atoms. The Morgan fingerprint density at radius 3 is 2.57 bits per heavy atom. The van der Waals surface area contributed by atoms with Crippen LogP contribution in [0.3, 0.4) is 0 Å². The zero-order valence-electron chi connectivity index (χ0n) is 10.7. The first-order chi connectivity index (χ1) is 9.72. The molecule has 0 saturated heterocycles. The number of hydrogen-bond acceptors (Lipinski definition) is 5. The number of halogens is 3. The van der Waals surface area contributed by atoms with Crippen LogP contribution in [0.5, 0.6) is 0 Å². The van der Waals surface area contributed by atoms with Gasteiger partial charge in [-0.05, 0) is 19.1 Å². The van der Waals surface area contributed by atoms with Crippen LogP contribution in [0.2, 0.25) is 0 Å². The predicted octanol–water partition coefficient (Wildman–Crippen LogP) is 2.78. The van der Waals surface area contributed by atoms with Crippen molar-refractivity contribution in [2.45, 2.75) is 19.0 Å². The van der Waals surface area contributed by atoms with E-state index in [0.29, 0.717) is 12.1 Å². The van der Waals surface area contributed by atoms with E-state index in [1.807, 2.05) is 0 Å². The highest BCUT2D eigenvalue weighted by atomic mass is 19.4. The van der Waals surface area contributed by atoms with Crippen LogP contribution < -0.4 is 0 Å². The van der Waals surface area contributed by atoms with Gasteiger partial charge in [-0.2, -0.15) is 18.4 Å². The number of benzene rings is 1. The monoisotopic (exact) mass is 302 g/mol. The maximum atomic E-state index is 12.5. The van der Waals surface area contributed by atoms with E-state index in [2.05, 4.69) is 4.74 Å². The summed E-state index contributed by atoms with van der Waals surface area (Å²) in [4.78, 5) is 21.3. The highest BCUT2D eigenvalue weighted by Gasteiger charge is 2.35. The molecule has 1 aromatic carbocycles. The molecule has 0 saturated carbocycles. The van der Waals surface area contributed by atoms with Crippen molar-refractivity contribution in [2.24, 2.45) is 0 Å². The quantitative estimate of drug-likeness (QED) is 0.484. The molecule has 1 aromatic rings. The molecule has 0 amide bonds. The molecule has 0 aliphatic carbocycles. The summed E-state index contributed by atoms with van der Waals surface area (Å²) >= 11 is 0. The smallest absolute Gasteiger partial charge is 0.416 e. The average Bonchev–Trinajstić information content (AvgIpc) is 2.38. The molecule has 0 unspecified atom stereocenters. The number of carbonyl (C=O) groups is 1. The van der Waals surface area contributed by atoms with Crippen LogP contribution in [0.4, 0.5) is 18.9 Å². The van der Waals surface area contributed by atoms with Crippen molar-refractivity contribution in [3.8, 4) is 6.07 Å². The second-order valence-corrected chi connectivity index (χ2v) is 3.84. The second-order valence-electron chi connectivity index (χ2n) is 3.84. The fraction of sp³-hybridized carbons (Fsp3) is 0.333. The molecule has 1 atom stereocenters. The predicted molar refractivity (Wildman–Crippen MR) is 63.1 cm³/mol. The standard InChI is InChI=1S/C12H9F3N2O4/c1-2-21-11(18)9(6-16)8-4-3-7(12(13,14)15)5-10(8)17(19)20/h3-5,9H,2H2,1H3/t9-/m0/s1. The molecule has 0 fully saturated rings. The van der Waals surface area contributed by atoms with E-state index in [-0.39, 0.29) is 6.61 Å². The van der Waals surface area contributed by atoms with Crippen molar-refractivity contribution >= 4 is 11.7 Å². The molecule has 0 aliphatic heterocycles. The normalized spacial score (nSPS) is 12.3. The van der Waals surface area contributed by atoms with Gasteiger partial charge in [-0.3, -0.25) is 14.9 Å². The highest BCUT2D eigenvalue weighted by molar-refractivity contribution is 5.83. The van der Waals surface area contributed by atoms with Crippen molar-refractivity contribution in [2.75, 3.05) is 6.61 Å². The SMILES string of the molecule is CCOC(=O)[C@@H](C#N)c1ccc(C(F)(F)F)cc1[N+](=O)[O-]. The molecule has 0 radical (unpaired) electrons. The van der Waals surface area contributed by atoms with E-state index in [1.54, 1.807) is 0 Å². The molecular formula is C12H9F3N2O4. The Kier molecular flexibility index (Phi) is 4.86. The molecule has 0 N–H and O–H groups in total. The van der Waals surface area contributed by atoms with Gasteiger partial charge in [0.1, 0.15) is 0 Å². The van der Waals surface area contributed by atoms with Crippen LogP contribution in [-0.2, 0) is 15.7 Å². The number of alkyl halides is 3. The van der Waals surface area contributed by atoms with Gasteiger partial charge < -0.3 is 4.74 Å². The minimum absolute atomic E-state index is 0.0640. The maximum absolute atomic E-state index is 12.5. The fourth-order valence-electron chi connectivity index (χ4n) is 1.60. The number of nitrogens with zero attached hydrogens (tertiary/aromatic N) is 2. The van der Waals surface area contributed by atoms with Crippen molar-refractivity contribution < 1.29 is 27.6 Å². The topological polar surface area (TPSA) is 93.2 Å². The minimum atomic E-state index is -4.77. The van der Waals surface area contributed by atoms with Gasteiger partial charge in [0.25, 0.3) is 5.69 Å². The summed E-state index contributed by atoms with van der Waals surface area (Å²) < 4.78 is 42.2. The van der Waals surface area contributed by atoms with E-state index in [0.717, 1.165) is 6.07 Å². The highest BCUT2D eigenvalue weighted by Crippen LogP contribution is 2.35. The Labute approximate surface area is 116 Å². The Morgan fingerprint density at radius 1 is 1.52 bits per heavy atom. The van der Waals surface area contributed by atoms with Gasteiger partial charge in [-0.25, -0.2) is 0 Å². The Morgan fingerprint density at radius 2 is 2.14 bits per heavy atom. The zero-order valence-corrected chi connectivity index (χ0v) is 10.7. The van der Waals surface area contributed by atoms with E-state index in [4.69, 9.17) is 5.26 Å². The lowest BCUT2D eigenvalue weighted by molar-refractivity contribution is -0.385. The number of carbonyl (C=O) groups excluding carboxylic acids is 1. The summed E-state index contributed by atoms with van der Waals surface area (Å²) in [5, 5.41) is 19.8. The van der Waals surface area contributed by atoms with E-state index in [9.17, 15) is 28.1 Å². The van der Waals surface area contributed by atoms with Gasteiger partial charge in [0.05, 0.1) is 28.7 Å². The first-order valence-electron chi connectivity index (χ1n) is 5.64. The van der Waals surface area contributed by atoms with E-state index < -0.39 is 39.8 Å². The lowest BCUT2D eigenvalue weighted by atomic mass is 9.97. The first-order valence-corrected chi connectivity index (χ1v) is 5.64. The lowest BCUT2D eigenvalue weighted by Crippen LogP contribution is -2.16. The minimum Gasteiger partial charge on any atom is -0.465 e. The van der Waals surface area contributed by atoms with Gasteiger partial charge >= 0.3 is 12.1 Å². The first kappa shape index (κ1) is 16.4. The third-order valence-electron chi connectivity index (χ3n) is 2.52. The van der Waals surface area contributed by atoms with Crippen molar-refractivity contribution in [1.29, 1.82) is 5.26 Å². The van der Waals surface area contributed by atoms with Gasteiger partial charge in [0, 0.05) is 6.07 Å². The molecule has 112 valence electrons. The third-order valence-corrected chi connectivity index (χ3v) is 2.52. The van der Waals surface area contributed by atoms with Gasteiger partial charge in [0.15, 0.2) is 5.92 Å². The van der Waals surface area contributed by atoms with Crippen LogP contribution in [-0.4, -0.2) is 17.5 Å². The molecule has 0 aromatic heterocycles. The molecule has 9 heteroatoms. The number of nitro groups is 1. The van der Waals surface area contributed by atoms with Gasteiger partial charge in [-0.1, -0.05) is 0 Å². The summed E-state index contributed by atoms with van der Waals surface area (Å²) in [5.74, 6) is -2.71. The fourth-order valence-corrected chi connectivity index (χ4v) is 1.60. The van der Waals surface area contributed by atoms with Gasteiger partial charge in [0.2, 0.25) is 0 Å². The van der Waals surface area contributed by atoms with Crippen molar-refractivity contribution in [3.63, 3.8) is 0 Å². The summed E-state index contributed by atoms with van der Waals surface area (Å²) in [7, 11) is 0. The zero-order chi connectivity index (χ0) is 16.2. The van der Waals surface area contributed by atoms with E-state index >= 15 is 0 Å². The van der Waals surface area contributed by atoms with Gasteiger partial charge in [-0.15, -0.1) is 0 Å². The van der Waals surface area contributed by atoms with Crippen molar-refractivity contribution in [1.82, 2.24) is 0 Å². The molecular weight excluding hydrogens is 293 g/mol. The van der Waals surface area contributed by atoms with Crippen LogP contribution in [0.15, 0.2) is 18.2 Å². The second kappa shape index (κ2) is 6.21. The summed E-state index contributed by atoms with van der Waals surface area (Å²) in [5.41, 5.74) is -2.63. The maximum Gasteiger partial charge on any atom is 0.416 e. The summed E-state index contributed by atoms with van der Waals surface area (Å²) in [6.07, 6.45) is -4.77. The summed E-state index contributed by atoms with van der Waals surface area (Å²) in [6.45, 7) is 1.40. The Bertz CT molecular complexity index is 608. The van der Waals surface area contributed by atoms with Crippen LogP contribution >= 0.6 is 0 Å². The van der Waals surface area contributed by atoms with Crippen LogP contribution in [0.25, 0.3) is 0 Å². The number of nitriles is 1. The molecule has 21 heavy (non-hydrogen) atoms. The van der Waals surface area contributed by atoms with Crippen LogP contribution in [0.1, 0.15) is 24.0 Å². The number of esters is 1. The molecule has 1 rings (SSSR count). The Hall–Kier alpha value is -2.63. The average molecular weight is 302 g/mol. The number of ether oxygens (including phenoxy) is 1. The Balaban J connectivity index is 3.39. The number of nitro benzene ring substituents is 1. The van der Waals surface area contributed by atoms with E-state index in [1.165, 1.54) is 13.0 Å².